The van der Waals surface area contributed by atoms with E-state index in [2.05, 4.69) is 10.3 Å². The fourth-order valence-corrected chi connectivity index (χ4v) is 2.25. The van der Waals surface area contributed by atoms with Crippen LogP contribution in [0.5, 0.6) is 0 Å². The van der Waals surface area contributed by atoms with Crippen molar-refractivity contribution < 1.29 is 9.53 Å². The number of benzene rings is 1. The summed E-state index contributed by atoms with van der Waals surface area (Å²) >= 11 is 6.15. The maximum atomic E-state index is 11.8. The third kappa shape index (κ3) is 3.86. The molecule has 2 rings (SSSR count). The van der Waals surface area contributed by atoms with Crippen molar-refractivity contribution in [2.24, 2.45) is 0 Å². The molecule has 0 radical (unpaired) electrons. The monoisotopic (exact) mass is 305 g/mol. The van der Waals surface area contributed by atoms with Gasteiger partial charge in [0, 0.05) is 24.6 Å². The topological polar surface area (TPSA) is 77.2 Å². The molecule has 0 unspecified atom stereocenters. The molecule has 21 heavy (non-hydrogen) atoms. The highest BCUT2D eigenvalue weighted by Crippen LogP contribution is 2.29. The fourth-order valence-electron chi connectivity index (χ4n) is 1.96. The number of nitrogens with zero attached hydrogens (tertiary/aromatic N) is 1. The van der Waals surface area contributed by atoms with E-state index in [0.29, 0.717) is 28.5 Å². The van der Waals surface area contributed by atoms with Gasteiger partial charge in [0.15, 0.2) is 0 Å². The molecule has 0 fully saturated rings. The molecule has 6 heteroatoms. The van der Waals surface area contributed by atoms with Crippen molar-refractivity contribution >= 4 is 28.9 Å². The van der Waals surface area contributed by atoms with Gasteiger partial charge in [0.2, 0.25) is 0 Å². The molecule has 0 spiro atoms. The summed E-state index contributed by atoms with van der Waals surface area (Å²) in [7, 11) is 1.32. The Morgan fingerprint density at radius 2 is 2.29 bits per heavy atom. The zero-order valence-corrected chi connectivity index (χ0v) is 12.4. The van der Waals surface area contributed by atoms with Crippen LogP contribution in [0, 0.1) is 0 Å². The number of nitrogens with two attached hydrogens (primary N) is 1. The first-order valence-electron chi connectivity index (χ1n) is 6.42. The zero-order chi connectivity index (χ0) is 15.2. The molecular weight excluding hydrogens is 290 g/mol. The lowest BCUT2D eigenvalue weighted by Crippen LogP contribution is -2.12. The van der Waals surface area contributed by atoms with Gasteiger partial charge in [-0.1, -0.05) is 17.7 Å². The fraction of sp³-hybridized carbons (Fsp3) is 0.200. The Morgan fingerprint density at radius 1 is 1.48 bits per heavy atom. The number of ether oxygens (including phenoxy) is 1. The van der Waals surface area contributed by atoms with Crippen LogP contribution >= 0.6 is 11.6 Å². The lowest BCUT2D eigenvalue weighted by molar-refractivity contribution is 0.0602. The number of carbonyl (C=O) groups excluding carboxylic acids is 1. The number of methoxy groups -OCH3 is 1. The van der Waals surface area contributed by atoms with Gasteiger partial charge in [0.1, 0.15) is 0 Å². The molecule has 1 aromatic carbocycles. The summed E-state index contributed by atoms with van der Waals surface area (Å²) in [5, 5.41) is 3.55. The van der Waals surface area contributed by atoms with E-state index in [0.717, 1.165) is 12.0 Å². The van der Waals surface area contributed by atoms with Crippen LogP contribution in [0.2, 0.25) is 5.02 Å². The van der Waals surface area contributed by atoms with Crippen molar-refractivity contribution in [3.63, 3.8) is 0 Å². The number of aromatic nitrogens is 1. The second-order valence-electron chi connectivity index (χ2n) is 4.45. The lowest BCUT2D eigenvalue weighted by atomic mass is 10.1. The van der Waals surface area contributed by atoms with E-state index in [4.69, 9.17) is 22.1 Å². The van der Waals surface area contributed by atoms with E-state index < -0.39 is 5.97 Å². The number of halogens is 1. The summed E-state index contributed by atoms with van der Waals surface area (Å²) in [4.78, 5) is 15.8. The van der Waals surface area contributed by atoms with Crippen molar-refractivity contribution in [3.05, 3.63) is 52.8 Å². The first kappa shape index (κ1) is 15.1. The van der Waals surface area contributed by atoms with Gasteiger partial charge in [-0.3, -0.25) is 4.98 Å². The van der Waals surface area contributed by atoms with Crippen LogP contribution in [-0.4, -0.2) is 24.6 Å². The molecule has 5 nitrogen and oxygen atoms in total. The smallest absolute Gasteiger partial charge is 0.340 e. The van der Waals surface area contributed by atoms with Crippen molar-refractivity contribution in [3.8, 4) is 0 Å². The maximum Gasteiger partial charge on any atom is 0.340 e. The first-order chi connectivity index (χ1) is 10.1. The highest BCUT2D eigenvalue weighted by molar-refractivity contribution is 6.34. The second-order valence-corrected chi connectivity index (χ2v) is 4.86. The summed E-state index contributed by atoms with van der Waals surface area (Å²) < 4.78 is 4.75. The molecule has 110 valence electrons. The van der Waals surface area contributed by atoms with Crippen molar-refractivity contribution in [2.75, 3.05) is 24.7 Å². The summed E-state index contributed by atoms with van der Waals surface area (Å²) in [5.74, 6) is -0.479. The van der Waals surface area contributed by atoms with Crippen LogP contribution in [0.15, 0.2) is 36.7 Å². The van der Waals surface area contributed by atoms with Gasteiger partial charge >= 0.3 is 5.97 Å². The predicted octanol–water partition coefficient (Wildman–Crippen LogP) is 2.76. The minimum atomic E-state index is -0.479. The molecule has 0 saturated heterocycles. The van der Waals surface area contributed by atoms with Crippen molar-refractivity contribution in [2.45, 2.75) is 6.42 Å². The third-order valence-electron chi connectivity index (χ3n) is 2.96. The van der Waals surface area contributed by atoms with E-state index >= 15 is 0 Å². The Hall–Kier alpha value is -2.27. The minimum absolute atomic E-state index is 0.327. The standard InChI is InChI=1S/C15H16ClN3O2/c1-21-15(20)12-7-11(17)8-13(16)14(12)19-6-4-10-3-2-5-18-9-10/h2-3,5,7-9,19H,4,6,17H2,1H3. The Bertz CT molecular complexity index is 632. The van der Waals surface area contributed by atoms with Crippen LogP contribution in [0.1, 0.15) is 15.9 Å². The van der Waals surface area contributed by atoms with Gasteiger partial charge in [-0.2, -0.15) is 0 Å². The number of anilines is 2. The zero-order valence-electron chi connectivity index (χ0n) is 11.6. The Morgan fingerprint density at radius 3 is 2.95 bits per heavy atom. The quantitative estimate of drug-likeness (QED) is 0.656. The minimum Gasteiger partial charge on any atom is -0.465 e. The van der Waals surface area contributed by atoms with E-state index in [1.165, 1.54) is 7.11 Å². The van der Waals surface area contributed by atoms with E-state index in [1.54, 1.807) is 24.5 Å². The number of carbonyl (C=O) groups is 1. The Balaban J connectivity index is 2.13. The van der Waals surface area contributed by atoms with Gasteiger partial charge in [0.25, 0.3) is 0 Å². The van der Waals surface area contributed by atoms with Crippen LogP contribution < -0.4 is 11.1 Å². The first-order valence-corrected chi connectivity index (χ1v) is 6.79. The van der Waals surface area contributed by atoms with E-state index in [1.807, 2.05) is 12.1 Å². The average Bonchev–Trinajstić information content (AvgIpc) is 2.49. The van der Waals surface area contributed by atoms with Gasteiger partial charge in [-0.15, -0.1) is 0 Å². The van der Waals surface area contributed by atoms with E-state index in [-0.39, 0.29) is 0 Å². The van der Waals surface area contributed by atoms with Crippen molar-refractivity contribution in [1.82, 2.24) is 4.98 Å². The highest BCUT2D eigenvalue weighted by Gasteiger charge is 2.15. The summed E-state index contributed by atoms with van der Waals surface area (Å²) in [6.07, 6.45) is 4.28. The third-order valence-corrected chi connectivity index (χ3v) is 3.25. The number of nitrogens with one attached hydrogen (secondary N) is 1. The van der Waals surface area contributed by atoms with Gasteiger partial charge in [-0.05, 0) is 30.2 Å². The number of nitrogen functional groups attached to an aromatic ring is 1. The number of esters is 1. The highest BCUT2D eigenvalue weighted by atomic mass is 35.5. The molecule has 1 heterocycles. The predicted molar refractivity (Wildman–Crippen MR) is 83.6 cm³/mol. The number of pyridine rings is 1. The maximum absolute atomic E-state index is 11.8. The van der Waals surface area contributed by atoms with Gasteiger partial charge < -0.3 is 15.8 Å². The number of hydrogen-bond donors (Lipinski definition) is 2. The van der Waals surface area contributed by atoms with Gasteiger partial charge in [0.05, 0.1) is 23.4 Å². The summed E-state index contributed by atoms with van der Waals surface area (Å²) in [6, 6.07) is 7.01. The normalized spacial score (nSPS) is 10.2. The Kier molecular flexibility index (Phi) is 5.00. The van der Waals surface area contributed by atoms with Crippen LogP contribution in [0.3, 0.4) is 0 Å². The molecule has 1 aromatic heterocycles. The molecule has 3 N–H and O–H groups in total. The molecular formula is C15H16ClN3O2. The molecule has 0 aliphatic heterocycles. The van der Waals surface area contributed by atoms with Gasteiger partial charge in [-0.25, -0.2) is 4.79 Å². The second kappa shape index (κ2) is 6.95. The van der Waals surface area contributed by atoms with Crippen LogP contribution in [0.25, 0.3) is 0 Å². The Labute approximate surface area is 128 Å². The number of rotatable bonds is 5. The SMILES string of the molecule is COC(=O)c1cc(N)cc(Cl)c1NCCc1cccnc1. The van der Waals surface area contributed by atoms with Crippen molar-refractivity contribution in [1.29, 1.82) is 0 Å². The summed E-state index contributed by atoms with van der Waals surface area (Å²) in [5.41, 5.74) is 8.08. The molecule has 0 aliphatic rings. The average molecular weight is 306 g/mol. The van der Waals surface area contributed by atoms with Crippen LogP contribution in [0.4, 0.5) is 11.4 Å². The molecule has 0 aliphatic carbocycles. The number of hydrogen-bond acceptors (Lipinski definition) is 5. The van der Waals surface area contributed by atoms with Crippen LogP contribution in [-0.2, 0) is 11.2 Å². The molecule has 2 aromatic rings. The molecule has 0 bridgehead atoms. The largest absolute Gasteiger partial charge is 0.465 e. The lowest BCUT2D eigenvalue weighted by Gasteiger charge is -2.13. The van der Waals surface area contributed by atoms with E-state index in [9.17, 15) is 4.79 Å². The molecule has 0 saturated carbocycles. The molecule has 0 amide bonds. The summed E-state index contributed by atoms with van der Waals surface area (Å²) in [6.45, 7) is 0.610. The molecule has 0 atom stereocenters.